The summed E-state index contributed by atoms with van der Waals surface area (Å²) in [6, 6.07) is 5.17. The molecule has 2 rings (SSSR count). The Labute approximate surface area is 102 Å². The Bertz CT molecular complexity index is 569. The second-order valence-corrected chi connectivity index (χ2v) is 4.09. The number of halogens is 2. The molecule has 1 amide bonds. The van der Waals surface area contributed by atoms with Crippen molar-refractivity contribution in [2.24, 2.45) is 0 Å². The minimum atomic E-state index is -0.176. The van der Waals surface area contributed by atoms with Gasteiger partial charge in [-0.3, -0.25) is 9.78 Å². The molecule has 1 N–H and O–H groups in total. The van der Waals surface area contributed by atoms with Crippen LogP contribution in [0.4, 0.5) is 5.69 Å². The molecule has 82 valence electrons. The Morgan fingerprint density at radius 1 is 1.44 bits per heavy atom. The third-order valence-electron chi connectivity index (χ3n) is 2.09. The summed E-state index contributed by atoms with van der Waals surface area (Å²) in [4.78, 5) is 15.2. The van der Waals surface area contributed by atoms with Crippen molar-refractivity contribution >= 4 is 45.7 Å². The van der Waals surface area contributed by atoms with Crippen LogP contribution in [0.3, 0.4) is 0 Å². The molecule has 0 spiro atoms. The van der Waals surface area contributed by atoms with Crippen molar-refractivity contribution in [2.75, 3.05) is 5.32 Å². The third-order valence-corrected chi connectivity index (χ3v) is 2.89. The van der Waals surface area contributed by atoms with Crippen molar-refractivity contribution in [3.63, 3.8) is 0 Å². The van der Waals surface area contributed by atoms with Gasteiger partial charge in [-0.05, 0) is 18.2 Å². The summed E-state index contributed by atoms with van der Waals surface area (Å²) in [7, 11) is 0. The fourth-order valence-corrected chi connectivity index (χ4v) is 1.89. The zero-order valence-corrected chi connectivity index (χ0v) is 9.93. The number of rotatable bonds is 1. The molecule has 0 unspecified atom stereocenters. The predicted molar refractivity (Wildman–Crippen MR) is 66.1 cm³/mol. The molecular weight excluding hydrogens is 247 g/mol. The van der Waals surface area contributed by atoms with Gasteiger partial charge in [-0.2, -0.15) is 0 Å². The van der Waals surface area contributed by atoms with Crippen LogP contribution in [-0.2, 0) is 4.79 Å². The number of pyridine rings is 1. The minimum absolute atomic E-state index is 0.176. The van der Waals surface area contributed by atoms with Gasteiger partial charge in [0.2, 0.25) is 5.91 Å². The Kier molecular flexibility index (Phi) is 2.99. The molecule has 0 saturated heterocycles. The van der Waals surface area contributed by atoms with E-state index in [4.69, 9.17) is 23.2 Å². The van der Waals surface area contributed by atoms with Crippen molar-refractivity contribution < 1.29 is 4.79 Å². The van der Waals surface area contributed by atoms with E-state index in [-0.39, 0.29) is 5.91 Å². The molecule has 5 heteroatoms. The first kappa shape index (κ1) is 11.2. The number of carbonyl (C=O) groups is 1. The predicted octanol–water partition coefficient (Wildman–Crippen LogP) is 3.50. The molecule has 0 aliphatic rings. The van der Waals surface area contributed by atoms with Crippen molar-refractivity contribution in [3.8, 4) is 0 Å². The Balaban J connectivity index is 2.74. The summed E-state index contributed by atoms with van der Waals surface area (Å²) in [5.41, 5.74) is 1.20. The van der Waals surface area contributed by atoms with Gasteiger partial charge >= 0.3 is 0 Å². The zero-order chi connectivity index (χ0) is 11.7. The topological polar surface area (TPSA) is 42.0 Å². The lowest BCUT2D eigenvalue weighted by Gasteiger charge is -2.08. The molecule has 1 heterocycles. The number of anilines is 1. The first-order chi connectivity index (χ1) is 7.59. The molecule has 0 saturated carbocycles. The highest BCUT2D eigenvalue weighted by Gasteiger charge is 2.10. The lowest BCUT2D eigenvalue weighted by Crippen LogP contribution is -2.06. The van der Waals surface area contributed by atoms with Crippen molar-refractivity contribution in [3.05, 3.63) is 34.4 Å². The molecule has 0 bridgehead atoms. The summed E-state index contributed by atoms with van der Waals surface area (Å²) >= 11 is 12.0. The highest BCUT2D eigenvalue weighted by molar-refractivity contribution is 6.45. The van der Waals surface area contributed by atoms with Gasteiger partial charge in [0.1, 0.15) is 0 Å². The van der Waals surface area contributed by atoms with Gasteiger partial charge in [-0.15, -0.1) is 0 Å². The summed E-state index contributed by atoms with van der Waals surface area (Å²) < 4.78 is 0. The van der Waals surface area contributed by atoms with Crippen LogP contribution in [-0.4, -0.2) is 10.9 Å². The molecule has 0 radical (unpaired) electrons. The summed E-state index contributed by atoms with van der Waals surface area (Å²) in [5, 5.41) is 4.23. The van der Waals surface area contributed by atoms with E-state index in [2.05, 4.69) is 10.3 Å². The number of amides is 1. The van der Waals surface area contributed by atoms with E-state index < -0.39 is 0 Å². The Morgan fingerprint density at radius 3 is 2.88 bits per heavy atom. The molecule has 0 atom stereocenters. The van der Waals surface area contributed by atoms with Gasteiger partial charge < -0.3 is 5.32 Å². The molecule has 0 aliphatic heterocycles. The average molecular weight is 255 g/mol. The minimum Gasteiger partial charge on any atom is -0.324 e. The van der Waals surface area contributed by atoms with E-state index in [1.165, 1.54) is 6.92 Å². The van der Waals surface area contributed by atoms with Crippen molar-refractivity contribution in [1.29, 1.82) is 0 Å². The van der Waals surface area contributed by atoms with Crippen LogP contribution in [0.2, 0.25) is 10.0 Å². The van der Waals surface area contributed by atoms with Crippen LogP contribution >= 0.6 is 23.2 Å². The largest absolute Gasteiger partial charge is 0.324 e. The highest BCUT2D eigenvalue weighted by atomic mass is 35.5. The number of nitrogens with one attached hydrogen (secondary N) is 1. The molecule has 2 aromatic rings. The molecule has 0 fully saturated rings. The number of hydrogen-bond acceptors (Lipinski definition) is 2. The van der Waals surface area contributed by atoms with Gasteiger partial charge in [0.25, 0.3) is 0 Å². The van der Waals surface area contributed by atoms with Crippen LogP contribution in [0, 0.1) is 0 Å². The van der Waals surface area contributed by atoms with Gasteiger partial charge in [0, 0.05) is 18.5 Å². The van der Waals surface area contributed by atoms with Crippen LogP contribution in [0.1, 0.15) is 6.92 Å². The normalized spacial score (nSPS) is 10.4. The second kappa shape index (κ2) is 4.28. The second-order valence-electron chi connectivity index (χ2n) is 3.30. The maximum atomic E-state index is 11.0. The molecule has 1 aromatic heterocycles. The van der Waals surface area contributed by atoms with Crippen LogP contribution in [0.25, 0.3) is 10.9 Å². The van der Waals surface area contributed by atoms with Gasteiger partial charge in [0.05, 0.1) is 21.2 Å². The van der Waals surface area contributed by atoms with Crippen LogP contribution in [0.15, 0.2) is 24.4 Å². The summed E-state index contributed by atoms with van der Waals surface area (Å²) in [6.45, 7) is 1.43. The van der Waals surface area contributed by atoms with Gasteiger partial charge in [-0.1, -0.05) is 23.2 Å². The lowest BCUT2D eigenvalue weighted by atomic mass is 10.2. The maximum absolute atomic E-state index is 11.0. The van der Waals surface area contributed by atoms with E-state index in [1.807, 2.05) is 6.07 Å². The molecule has 3 nitrogen and oxygen atoms in total. The molecular formula is C11H8Cl2N2O. The fraction of sp³-hybridized carbons (Fsp3) is 0.0909. The monoisotopic (exact) mass is 254 g/mol. The average Bonchev–Trinajstić information content (AvgIpc) is 2.25. The van der Waals surface area contributed by atoms with Gasteiger partial charge in [-0.25, -0.2) is 0 Å². The van der Waals surface area contributed by atoms with Crippen LogP contribution in [0.5, 0.6) is 0 Å². The first-order valence-corrected chi connectivity index (χ1v) is 5.35. The van der Waals surface area contributed by atoms with Crippen LogP contribution < -0.4 is 5.32 Å². The smallest absolute Gasteiger partial charge is 0.221 e. The number of benzene rings is 1. The number of aromatic nitrogens is 1. The SMILES string of the molecule is CC(=O)Nc1cc(Cl)c(Cl)c2cccnc12. The van der Waals surface area contributed by atoms with Crippen molar-refractivity contribution in [2.45, 2.75) is 6.92 Å². The van der Waals surface area contributed by atoms with E-state index in [9.17, 15) is 4.79 Å². The first-order valence-electron chi connectivity index (χ1n) is 4.60. The standard InChI is InChI=1S/C11H8Cl2N2O/c1-6(16)15-9-5-8(12)10(13)7-3-2-4-14-11(7)9/h2-5H,1H3,(H,15,16). The summed E-state index contributed by atoms with van der Waals surface area (Å²) in [6.07, 6.45) is 1.64. The van der Waals surface area contributed by atoms with E-state index in [0.29, 0.717) is 21.2 Å². The summed E-state index contributed by atoms with van der Waals surface area (Å²) in [5.74, 6) is -0.176. The van der Waals surface area contributed by atoms with E-state index >= 15 is 0 Å². The fourth-order valence-electron chi connectivity index (χ4n) is 1.47. The third kappa shape index (κ3) is 1.96. The van der Waals surface area contributed by atoms with E-state index in [1.54, 1.807) is 18.3 Å². The molecule has 0 aliphatic carbocycles. The quantitative estimate of drug-likeness (QED) is 0.847. The highest BCUT2D eigenvalue weighted by Crippen LogP contribution is 2.34. The maximum Gasteiger partial charge on any atom is 0.221 e. The number of hydrogen-bond donors (Lipinski definition) is 1. The van der Waals surface area contributed by atoms with E-state index in [0.717, 1.165) is 5.39 Å². The number of nitrogens with zero attached hydrogens (tertiary/aromatic N) is 1. The van der Waals surface area contributed by atoms with Gasteiger partial charge in [0.15, 0.2) is 0 Å². The Morgan fingerprint density at radius 2 is 2.19 bits per heavy atom. The number of carbonyl (C=O) groups excluding carboxylic acids is 1. The number of fused-ring (bicyclic) bond motifs is 1. The zero-order valence-electron chi connectivity index (χ0n) is 8.42. The molecule has 16 heavy (non-hydrogen) atoms. The lowest BCUT2D eigenvalue weighted by molar-refractivity contribution is -0.114. The van der Waals surface area contributed by atoms with Crippen molar-refractivity contribution in [1.82, 2.24) is 4.98 Å². The molecule has 1 aromatic carbocycles. The Hall–Kier alpha value is -1.32.